The van der Waals surface area contributed by atoms with Crippen LogP contribution in [0.25, 0.3) is 0 Å². The van der Waals surface area contributed by atoms with Crippen LogP contribution in [-0.2, 0) is 4.79 Å². The molecule has 0 saturated heterocycles. The summed E-state index contributed by atoms with van der Waals surface area (Å²) in [6.45, 7) is 2.07. The molecule has 0 bridgehead atoms. The fourth-order valence-electron chi connectivity index (χ4n) is 1.29. The largest absolute Gasteiger partial charge is 0.356 e. The van der Waals surface area contributed by atoms with Gasteiger partial charge in [-0.15, -0.1) is 0 Å². The second-order valence-corrected chi connectivity index (χ2v) is 4.61. The highest BCUT2D eigenvalue weighted by atomic mass is 79.9. The maximum Gasteiger partial charge on any atom is 0.286 e. The fourth-order valence-corrected chi connectivity index (χ4v) is 1.63. The van der Waals surface area contributed by atoms with Gasteiger partial charge in [-0.3, -0.25) is 20.4 Å². The second kappa shape index (κ2) is 7.11. The summed E-state index contributed by atoms with van der Waals surface area (Å²) in [5.74, 6) is -0.531. The topological polar surface area (TPSA) is 74.0 Å². The summed E-state index contributed by atoms with van der Waals surface area (Å²) >= 11 is 3.22. The Balaban J connectivity index is 2.26. The maximum atomic E-state index is 11.5. The summed E-state index contributed by atoms with van der Waals surface area (Å²) in [7, 11) is 0. The Hall–Kier alpha value is -1.30. The molecule has 0 aliphatic carbocycles. The number of hydrogen-bond acceptors (Lipinski definition) is 2. The van der Waals surface area contributed by atoms with Crippen molar-refractivity contribution in [3.05, 3.63) is 22.4 Å². The first kappa shape index (κ1) is 13.8. The summed E-state index contributed by atoms with van der Waals surface area (Å²) in [5.41, 5.74) is 5.12. The number of hydrogen-bond donors (Lipinski definition) is 3. The van der Waals surface area contributed by atoms with Gasteiger partial charge in [-0.25, -0.2) is 0 Å². The molecular weight excluding hydrogens is 286 g/mol. The zero-order valence-electron chi connectivity index (χ0n) is 9.68. The number of H-pyrrole nitrogens is 1. The van der Waals surface area contributed by atoms with Crippen LogP contribution in [0.2, 0.25) is 0 Å². The second-order valence-electron chi connectivity index (χ2n) is 3.69. The van der Waals surface area contributed by atoms with E-state index in [1.165, 1.54) is 0 Å². The summed E-state index contributed by atoms with van der Waals surface area (Å²) in [4.78, 5) is 25.6. The number of rotatable bonds is 5. The molecule has 94 valence electrons. The van der Waals surface area contributed by atoms with Gasteiger partial charge < -0.3 is 4.98 Å². The molecule has 0 spiro atoms. The summed E-state index contributed by atoms with van der Waals surface area (Å²) < 4.78 is 0.789. The number of unbranched alkanes of at least 4 members (excludes halogenated alkanes) is 2. The number of aromatic nitrogens is 1. The molecule has 0 aromatic carbocycles. The van der Waals surface area contributed by atoms with E-state index in [1.54, 1.807) is 12.3 Å². The highest BCUT2D eigenvalue weighted by Crippen LogP contribution is 2.09. The molecule has 0 unspecified atom stereocenters. The standard InChI is InChI=1S/C11H16BrN3O2/c1-2-3-4-5-10(16)14-15-11(17)9-6-8(12)7-13-9/h6-7,13H,2-5H2,1H3,(H,14,16)(H,15,17). The number of aromatic amines is 1. The molecule has 0 fully saturated rings. The molecule has 6 heteroatoms. The van der Waals surface area contributed by atoms with Crippen molar-refractivity contribution in [1.82, 2.24) is 15.8 Å². The number of hydrazine groups is 1. The van der Waals surface area contributed by atoms with Crippen LogP contribution in [0.3, 0.4) is 0 Å². The zero-order chi connectivity index (χ0) is 12.7. The maximum absolute atomic E-state index is 11.5. The molecule has 1 rings (SSSR count). The van der Waals surface area contributed by atoms with Gasteiger partial charge in [0.2, 0.25) is 5.91 Å². The van der Waals surface area contributed by atoms with Crippen molar-refractivity contribution in [3.63, 3.8) is 0 Å². The Morgan fingerprint density at radius 3 is 2.71 bits per heavy atom. The van der Waals surface area contributed by atoms with Crippen LogP contribution in [0.15, 0.2) is 16.7 Å². The summed E-state index contributed by atoms with van der Waals surface area (Å²) in [6, 6.07) is 1.64. The lowest BCUT2D eigenvalue weighted by molar-refractivity contribution is -0.121. The van der Waals surface area contributed by atoms with Gasteiger partial charge in [0.1, 0.15) is 5.69 Å². The van der Waals surface area contributed by atoms with Crippen molar-refractivity contribution in [1.29, 1.82) is 0 Å². The van der Waals surface area contributed by atoms with E-state index in [2.05, 4.69) is 38.7 Å². The lowest BCUT2D eigenvalue weighted by atomic mass is 10.2. The predicted octanol–water partition coefficient (Wildman–Crippen LogP) is 2.12. The number of amides is 2. The van der Waals surface area contributed by atoms with Crippen molar-refractivity contribution in [2.75, 3.05) is 0 Å². The van der Waals surface area contributed by atoms with Crippen LogP contribution in [0.5, 0.6) is 0 Å². The van der Waals surface area contributed by atoms with Gasteiger partial charge in [-0.1, -0.05) is 19.8 Å². The SMILES string of the molecule is CCCCCC(=O)NNC(=O)c1cc(Br)c[nH]1. The van der Waals surface area contributed by atoms with Gasteiger partial charge in [-0.05, 0) is 28.4 Å². The molecule has 0 aliphatic rings. The number of carbonyl (C=O) groups is 2. The normalized spacial score (nSPS) is 10.0. The van der Waals surface area contributed by atoms with Crippen LogP contribution < -0.4 is 10.9 Å². The molecule has 1 heterocycles. The third-order valence-electron chi connectivity index (χ3n) is 2.22. The molecule has 3 N–H and O–H groups in total. The van der Waals surface area contributed by atoms with Crippen molar-refractivity contribution in [2.24, 2.45) is 0 Å². The minimum Gasteiger partial charge on any atom is -0.356 e. The highest BCUT2D eigenvalue weighted by molar-refractivity contribution is 9.10. The molecule has 5 nitrogen and oxygen atoms in total. The molecule has 0 atom stereocenters. The van der Waals surface area contributed by atoms with E-state index in [4.69, 9.17) is 0 Å². The molecule has 0 aliphatic heterocycles. The van der Waals surface area contributed by atoms with Crippen LogP contribution in [0, 0.1) is 0 Å². The lowest BCUT2D eigenvalue weighted by Gasteiger charge is -2.05. The molecular formula is C11H16BrN3O2. The van der Waals surface area contributed by atoms with Crippen molar-refractivity contribution in [3.8, 4) is 0 Å². The first-order chi connectivity index (χ1) is 8.13. The van der Waals surface area contributed by atoms with E-state index in [0.717, 1.165) is 23.7 Å². The van der Waals surface area contributed by atoms with Crippen molar-refractivity contribution < 1.29 is 9.59 Å². The van der Waals surface area contributed by atoms with E-state index in [1.807, 2.05) is 0 Å². The van der Waals surface area contributed by atoms with Crippen LogP contribution in [-0.4, -0.2) is 16.8 Å². The van der Waals surface area contributed by atoms with Gasteiger partial charge in [0.05, 0.1) is 0 Å². The van der Waals surface area contributed by atoms with Gasteiger partial charge in [0.25, 0.3) is 5.91 Å². The summed E-state index contributed by atoms with van der Waals surface area (Å²) in [6.07, 6.45) is 5.01. The van der Waals surface area contributed by atoms with Gasteiger partial charge >= 0.3 is 0 Å². The Labute approximate surface area is 108 Å². The minimum atomic E-state index is -0.362. The van der Waals surface area contributed by atoms with E-state index in [-0.39, 0.29) is 11.8 Å². The Bertz CT molecular complexity index is 390. The molecule has 0 saturated carbocycles. The molecule has 1 aromatic rings. The Kier molecular flexibility index (Phi) is 5.76. The predicted molar refractivity (Wildman–Crippen MR) is 68.2 cm³/mol. The van der Waals surface area contributed by atoms with E-state index >= 15 is 0 Å². The van der Waals surface area contributed by atoms with Crippen molar-refractivity contribution in [2.45, 2.75) is 32.6 Å². The zero-order valence-corrected chi connectivity index (χ0v) is 11.3. The fraction of sp³-hybridized carbons (Fsp3) is 0.455. The van der Waals surface area contributed by atoms with E-state index < -0.39 is 0 Å². The quantitative estimate of drug-likeness (QED) is 0.576. The van der Waals surface area contributed by atoms with Gasteiger partial charge in [0, 0.05) is 17.1 Å². The van der Waals surface area contributed by atoms with Gasteiger partial charge in [-0.2, -0.15) is 0 Å². The first-order valence-electron chi connectivity index (χ1n) is 5.56. The number of nitrogens with one attached hydrogen (secondary N) is 3. The molecule has 0 radical (unpaired) electrons. The third-order valence-corrected chi connectivity index (χ3v) is 2.67. The Morgan fingerprint density at radius 2 is 2.12 bits per heavy atom. The third kappa shape index (κ3) is 5.04. The minimum absolute atomic E-state index is 0.169. The molecule has 2 amide bonds. The number of carbonyl (C=O) groups excluding carboxylic acids is 2. The highest BCUT2D eigenvalue weighted by Gasteiger charge is 2.08. The smallest absolute Gasteiger partial charge is 0.286 e. The average Bonchev–Trinajstić information content (AvgIpc) is 2.73. The van der Waals surface area contributed by atoms with Gasteiger partial charge in [0.15, 0.2) is 0 Å². The van der Waals surface area contributed by atoms with E-state index in [0.29, 0.717) is 12.1 Å². The summed E-state index contributed by atoms with van der Waals surface area (Å²) in [5, 5.41) is 0. The Morgan fingerprint density at radius 1 is 1.35 bits per heavy atom. The first-order valence-corrected chi connectivity index (χ1v) is 6.36. The van der Waals surface area contributed by atoms with Crippen molar-refractivity contribution >= 4 is 27.7 Å². The van der Waals surface area contributed by atoms with Crippen LogP contribution in [0.4, 0.5) is 0 Å². The number of halogens is 1. The van der Waals surface area contributed by atoms with E-state index in [9.17, 15) is 9.59 Å². The van der Waals surface area contributed by atoms with Crippen LogP contribution >= 0.6 is 15.9 Å². The monoisotopic (exact) mass is 301 g/mol. The average molecular weight is 302 g/mol. The lowest BCUT2D eigenvalue weighted by Crippen LogP contribution is -2.41. The van der Waals surface area contributed by atoms with Crippen LogP contribution in [0.1, 0.15) is 43.1 Å². The molecule has 17 heavy (non-hydrogen) atoms. The molecule has 1 aromatic heterocycles.